The Kier molecular flexibility index (Phi) is 4.20. The van der Waals surface area contributed by atoms with Gasteiger partial charge in [-0.3, -0.25) is 9.36 Å². The Morgan fingerprint density at radius 3 is 2.71 bits per heavy atom. The van der Waals surface area contributed by atoms with Crippen LogP contribution in [0.15, 0.2) is 29.1 Å². The van der Waals surface area contributed by atoms with E-state index >= 15 is 0 Å². The molecule has 0 unspecified atom stereocenters. The van der Waals surface area contributed by atoms with Crippen molar-refractivity contribution in [2.45, 2.75) is 25.8 Å². The molecule has 2 aromatic rings. The lowest BCUT2D eigenvalue weighted by Gasteiger charge is -2.16. The van der Waals surface area contributed by atoms with E-state index in [-0.39, 0.29) is 5.56 Å². The SMILES string of the molecule is COc1nc2ccccc2c(=O)n1CCCN1CCCC1. The van der Waals surface area contributed by atoms with Gasteiger partial charge in [0, 0.05) is 6.54 Å². The van der Waals surface area contributed by atoms with Gasteiger partial charge >= 0.3 is 0 Å². The van der Waals surface area contributed by atoms with Crippen LogP contribution in [-0.2, 0) is 6.54 Å². The maximum absolute atomic E-state index is 12.6. The minimum absolute atomic E-state index is 0.0149. The van der Waals surface area contributed by atoms with Gasteiger partial charge in [-0.25, -0.2) is 0 Å². The highest BCUT2D eigenvalue weighted by Gasteiger charge is 2.13. The number of para-hydroxylation sites is 1. The van der Waals surface area contributed by atoms with Crippen molar-refractivity contribution in [1.82, 2.24) is 14.5 Å². The van der Waals surface area contributed by atoms with Gasteiger partial charge in [0.15, 0.2) is 0 Å². The third-order valence-electron chi connectivity index (χ3n) is 4.06. The summed E-state index contributed by atoms with van der Waals surface area (Å²) < 4.78 is 6.95. The number of rotatable bonds is 5. The van der Waals surface area contributed by atoms with Crippen molar-refractivity contribution in [3.63, 3.8) is 0 Å². The molecule has 0 bridgehead atoms. The van der Waals surface area contributed by atoms with Gasteiger partial charge in [0.05, 0.1) is 18.0 Å². The summed E-state index contributed by atoms with van der Waals surface area (Å²) in [5, 5.41) is 0.652. The number of benzene rings is 1. The number of hydrogen-bond acceptors (Lipinski definition) is 4. The van der Waals surface area contributed by atoms with Crippen LogP contribution in [0, 0.1) is 0 Å². The van der Waals surface area contributed by atoms with Crippen molar-refractivity contribution in [3.8, 4) is 6.01 Å². The van der Waals surface area contributed by atoms with Crippen molar-refractivity contribution in [3.05, 3.63) is 34.6 Å². The number of hydrogen-bond donors (Lipinski definition) is 0. The number of methoxy groups -OCH3 is 1. The van der Waals surface area contributed by atoms with E-state index in [1.165, 1.54) is 25.9 Å². The lowest BCUT2D eigenvalue weighted by Crippen LogP contribution is -2.26. The van der Waals surface area contributed by atoms with Gasteiger partial charge in [0.2, 0.25) is 0 Å². The van der Waals surface area contributed by atoms with E-state index in [2.05, 4.69) is 9.88 Å². The first-order valence-electron chi connectivity index (χ1n) is 7.55. The lowest BCUT2D eigenvalue weighted by atomic mass is 10.2. The van der Waals surface area contributed by atoms with E-state index in [0.29, 0.717) is 23.5 Å². The van der Waals surface area contributed by atoms with Gasteiger partial charge in [-0.15, -0.1) is 0 Å². The Hall–Kier alpha value is -1.88. The van der Waals surface area contributed by atoms with E-state index in [1.807, 2.05) is 24.3 Å². The van der Waals surface area contributed by atoms with Gasteiger partial charge in [-0.05, 0) is 51.0 Å². The molecule has 0 amide bonds. The molecule has 0 atom stereocenters. The molecule has 1 aromatic carbocycles. The second-order valence-electron chi connectivity index (χ2n) is 5.47. The molecule has 1 aliphatic heterocycles. The van der Waals surface area contributed by atoms with Crippen LogP contribution in [0.3, 0.4) is 0 Å². The summed E-state index contributed by atoms with van der Waals surface area (Å²) in [6.45, 7) is 4.04. The molecule has 1 aliphatic rings. The maximum Gasteiger partial charge on any atom is 0.299 e. The molecule has 0 aliphatic carbocycles. The van der Waals surface area contributed by atoms with Gasteiger partial charge in [-0.1, -0.05) is 12.1 Å². The van der Waals surface area contributed by atoms with Crippen LogP contribution >= 0.6 is 0 Å². The molecule has 0 N–H and O–H groups in total. The Balaban J connectivity index is 1.82. The highest BCUT2D eigenvalue weighted by atomic mass is 16.5. The van der Waals surface area contributed by atoms with Gasteiger partial charge < -0.3 is 9.64 Å². The first-order valence-corrected chi connectivity index (χ1v) is 7.55. The van der Waals surface area contributed by atoms with E-state index < -0.39 is 0 Å². The average molecular weight is 287 g/mol. The van der Waals surface area contributed by atoms with Crippen LogP contribution in [0.4, 0.5) is 0 Å². The van der Waals surface area contributed by atoms with Gasteiger partial charge in [-0.2, -0.15) is 4.98 Å². The fourth-order valence-corrected chi connectivity index (χ4v) is 2.96. The van der Waals surface area contributed by atoms with E-state index in [9.17, 15) is 4.79 Å². The van der Waals surface area contributed by atoms with E-state index in [4.69, 9.17) is 4.74 Å². The van der Waals surface area contributed by atoms with E-state index in [1.54, 1.807) is 11.7 Å². The third-order valence-corrected chi connectivity index (χ3v) is 4.06. The average Bonchev–Trinajstić information content (AvgIpc) is 3.02. The zero-order valence-corrected chi connectivity index (χ0v) is 12.4. The Bertz CT molecular complexity index is 675. The lowest BCUT2D eigenvalue weighted by molar-refractivity contribution is 0.308. The molecule has 0 saturated carbocycles. The van der Waals surface area contributed by atoms with Crippen molar-refractivity contribution in [2.24, 2.45) is 0 Å². The largest absolute Gasteiger partial charge is 0.468 e. The van der Waals surface area contributed by atoms with Gasteiger partial charge in [0.1, 0.15) is 0 Å². The van der Waals surface area contributed by atoms with Crippen LogP contribution in [0.1, 0.15) is 19.3 Å². The molecule has 5 heteroatoms. The molecule has 1 aromatic heterocycles. The first-order chi connectivity index (χ1) is 10.3. The molecule has 1 fully saturated rings. The quantitative estimate of drug-likeness (QED) is 0.842. The van der Waals surface area contributed by atoms with Crippen LogP contribution in [0.2, 0.25) is 0 Å². The third kappa shape index (κ3) is 2.93. The topological polar surface area (TPSA) is 47.4 Å². The Labute approximate surface area is 124 Å². The molecular formula is C16H21N3O2. The summed E-state index contributed by atoms with van der Waals surface area (Å²) in [7, 11) is 1.56. The standard InChI is InChI=1S/C16H21N3O2/c1-21-16-17-14-8-3-2-7-13(14)15(20)19(16)12-6-11-18-9-4-5-10-18/h2-3,7-8H,4-6,9-12H2,1H3. The summed E-state index contributed by atoms with van der Waals surface area (Å²) >= 11 is 0. The maximum atomic E-state index is 12.6. The Morgan fingerprint density at radius 1 is 1.19 bits per heavy atom. The number of likely N-dealkylation sites (tertiary alicyclic amines) is 1. The minimum Gasteiger partial charge on any atom is -0.468 e. The number of fused-ring (bicyclic) bond motifs is 1. The molecule has 0 radical (unpaired) electrons. The molecule has 112 valence electrons. The highest BCUT2D eigenvalue weighted by Crippen LogP contribution is 2.13. The summed E-state index contributed by atoms with van der Waals surface area (Å²) in [6, 6.07) is 7.81. The normalized spacial score (nSPS) is 15.7. The van der Waals surface area contributed by atoms with Crippen molar-refractivity contribution in [1.29, 1.82) is 0 Å². The highest BCUT2D eigenvalue weighted by molar-refractivity contribution is 5.77. The van der Waals surface area contributed by atoms with Crippen molar-refractivity contribution < 1.29 is 4.74 Å². The zero-order valence-electron chi connectivity index (χ0n) is 12.4. The fraction of sp³-hybridized carbons (Fsp3) is 0.500. The first kappa shape index (κ1) is 14.1. The van der Waals surface area contributed by atoms with Gasteiger partial charge in [0.25, 0.3) is 11.6 Å². The predicted octanol–water partition coefficient (Wildman–Crippen LogP) is 1.89. The number of aromatic nitrogens is 2. The number of nitrogens with zero attached hydrogens (tertiary/aromatic N) is 3. The molecular weight excluding hydrogens is 266 g/mol. The number of ether oxygens (including phenoxy) is 1. The molecule has 21 heavy (non-hydrogen) atoms. The second kappa shape index (κ2) is 6.26. The molecule has 2 heterocycles. The zero-order chi connectivity index (χ0) is 14.7. The second-order valence-corrected chi connectivity index (χ2v) is 5.47. The molecule has 3 rings (SSSR count). The van der Waals surface area contributed by atoms with Crippen molar-refractivity contribution in [2.75, 3.05) is 26.7 Å². The molecule has 5 nitrogen and oxygen atoms in total. The molecule has 0 spiro atoms. The fourth-order valence-electron chi connectivity index (χ4n) is 2.96. The summed E-state index contributed by atoms with van der Waals surface area (Å²) in [6.07, 6.45) is 3.53. The smallest absolute Gasteiger partial charge is 0.299 e. The minimum atomic E-state index is -0.0149. The predicted molar refractivity (Wildman–Crippen MR) is 82.8 cm³/mol. The summed E-state index contributed by atoms with van der Waals surface area (Å²) in [5.74, 6) is 0. The summed E-state index contributed by atoms with van der Waals surface area (Å²) in [4.78, 5) is 19.4. The van der Waals surface area contributed by atoms with Crippen LogP contribution in [-0.4, -0.2) is 41.2 Å². The van der Waals surface area contributed by atoms with Crippen molar-refractivity contribution >= 4 is 10.9 Å². The van der Waals surface area contributed by atoms with Crippen LogP contribution in [0.5, 0.6) is 6.01 Å². The van der Waals surface area contributed by atoms with Crippen LogP contribution in [0.25, 0.3) is 10.9 Å². The molecule has 1 saturated heterocycles. The van der Waals surface area contributed by atoms with E-state index in [0.717, 1.165) is 13.0 Å². The monoisotopic (exact) mass is 287 g/mol. The van der Waals surface area contributed by atoms with Crippen LogP contribution < -0.4 is 10.3 Å². The Morgan fingerprint density at radius 2 is 1.95 bits per heavy atom. The summed E-state index contributed by atoms with van der Waals surface area (Å²) in [5.41, 5.74) is 0.675.